The van der Waals surface area contributed by atoms with Crippen molar-refractivity contribution in [2.75, 3.05) is 19.6 Å². The van der Waals surface area contributed by atoms with Gasteiger partial charge in [0, 0.05) is 22.5 Å². The molecular formula is C17H25BrN4. The number of halogens is 1. The average Bonchev–Trinajstić information content (AvgIpc) is 3.12. The summed E-state index contributed by atoms with van der Waals surface area (Å²) in [4.78, 5) is 7.06. The molecule has 4 nitrogen and oxygen atoms in total. The fourth-order valence-corrected chi connectivity index (χ4v) is 3.65. The molecule has 3 rings (SSSR count). The fourth-order valence-electron chi connectivity index (χ4n) is 3.39. The third-order valence-corrected chi connectivity index (χ3v) is 5.33. The van der Waals surface area contributed by atoms with Crippen LogP contribution in [0.3, 0.4) is 0 Å². The van der Waals surface area contributed by atoms with Crippen LogP contribution in [0.5, 0.6) is 0 Å². The van der Waals surface area contributed by atoms with E-state index in [4.69, 9.17) is 5.73 Å². The van der Waals surface area contributed by atoms with Crippen molar-refractivity contribution in [3.8, 4) is 0 Å². The summed E-state index contributed by atoms with van der Waals surface area (Å²) in [5.74, 6) is 1.17. The minimum absolute atomic E-state index is 0.441. The molecule has 1 unspecified atom stereocenters. The minimum atomic E-state index is 0.441. The van der Waals surface area contributed by atoms with Gasteiger partial charge in [0.25, 0.3) is 0 Å². The molecule has 0 amide bonds. The first-order valence-corrected chi connectivity index (χ1v) is 9.02. The number of benzene rings is 1. The fraction of sp³-hybridized carbons (Fsp3) is 0.588. The van der Waals surface area contributed by atoms with Gasteiger partial charge in [-0.3, -0.25) is 9.89 Å². The quantitative estimate of drug-likeness (QED) is 0.623. The van der Waals surface area contributed by atoms with Crippen molar-refractivity contribution in [1.29, 1.82) is 0 Å². The number of nitrogens with one attached hydrogen (secondary N) is 1. The number of nitrogens with two attached hydrogens (primary N) is 1. The van der Waals surface area contributed by atoms with Crippen LogP contribution in [-0.2, 0) is 0 Å². The molecule has 0 aromatic heterocycles. The third kappa shape index (κ3) is 3.82. The molecule has 1 heterocycles. The van der Waals surface area contributed by atoms with E-state index in [1.165, 1.54) is 24.9 Å². The topological polar surface area (TPSA) is 53.6 Å². The lowest BCUT2D eigenvalue weighted by molar-refractivity contribution is 0.273. The molecule has 3 atom stereocenters. The highest BCUT2D eigenvalue weighted by atomic mass is 79.9. The Morgan fingerprint density at radius 1 is 1.41 bits per heavy atom. The van der Waals surface area contributed by atoms with Crippen molar-refractivity contribution >= 4 is 21.9 Å². The van der Waals surface area contributed by atoms with Gasteiger partial charge in [0.05, 0.1) is 6.54 Å². The summed E-state index contributed by atoms with van der Waals surface area (Å²) < 4.78 is 1.12. The van der Waals surface area contributed by atoms with E-state index in [1.54, 1.807) is 0 Å². The summed E-state index contributed by atoms with van der Waals surface area (Å²) in [6.07, 6.45) is 3.67. The predicted molar refractivity (Wildman–Crippen MR) is 95.2 cm³/mol. The maximum Gasteiger partial charge on any atom is 0.188 e. The van der Waals surface area contributed by atoms with E-state index in [9.17, 15) is 0 Å². The Kier molecular flexibility index (Phi) is 5.03. The van der Waals surface area contributed by atoms with Crippen LogP contribution in [-0.4, -0.2) is 42.6 Å². The van der Waals surface area contributed by atoms with Gasteiger partial charge in [-0.25, -0.2) is 0 Å². The van der Waals surface area contributed by atoms with Crippen molar-refractivity contribution in [1.82, 2.24) is 10.2 Å². The molecule has 1 aliphatic carbocycles. The molecule has 1 aromatic carbocycles. The molecular weight excluding hydrogens is 340 g/mol. The third-order valence-electron chi connectivity index (χ3n) is 4.80. The number of likely N-dealkylation sites (tertiary alicyclic amines) is 1. The first-order valence-electron chi connectivity index (χ1n) is 8.23. The van der Waals surface area contributed by atoms with Crippen LogP contribution in [0.25, 0.3) is 0 Å². The van der Waals surface area contributed by atoms with Crippen LogP contribution < -0.4 is 11.1 Å². The van der Waals surface area contributed by atoms with Gasteiger partial charge in [-0.1, -0.05) is 35.0 Å². The summed E-state index contributed by atoms with van der Waals surface area (Å²) >= 11 is 3.48. The zero-order chi connectivity index (χ0) is 15.5. The number of aliphatic imine (C=N–C) groups is 1. The summed E-state index contributed by atoms with van der Waals surface area (Å²) in [5, 5.41) is 3.37. The molecule has 1 aliphatic heterocycles. The zero-order valence-electron chi connectivity index (χ0n) is 13.1. The van der Waals surface area contributed by atoms with E-state index in [0.29, 0.717) is 24.0 Å². The van der Waals surface area contributed by atoms with Gasteiger partial charge < -0.3 is 11.1 Å². The smallest absolute Gasteiger partial charge is 0.188 e. The predicted octanol–water partition coefficient (Wildman–Crippen LogP) is 2.69. The Labute approximate surface area is 141 Å². The first-order chi connectivity index (χ1) is 10.7. The second-order valence-corrected chi connectivity index (χ2v) is 7.21. The van der Waals surface area contributed by atoms with Crippen molar-refractivity contribution in [2.24, 2.45) is 10.7 Å². The number of guanidine groups is 1. The Morgan fingerprint density at radius 3 is 2.91 bits per heavy atom. The van der Waals surface area contributed by atoms with Crippen molar-refractivity contribution < 1.29 is 0 Å². The standard InChI is InChI=1S/C17H25BrN4/c1-2-22-9-3-4-14(22)11-20-17(19)21-16-10-15(16)12-5-7-13(18)8-6-12/h5-8,14-16H,2-4,9-11H2,1H3,(H3,19,20,21)/t14?,15-,16+/m0/s1. The summed E-state index contributed by atoms with van der Waals surface area (Å²) in [6, 6.07) is 9.58. The Balaban J connectivity index is 1.47. The normalized spacial score (nSPS) is 28.8. The molecule has 3 N–H and O–H groups in total. The maximum atomic E-state index is 6.06. The second kappa shape index (κ2) is 7.01. The number of nitrogens with zero attached hydrogens (tertiary/aromatic N) is 2. The second-order valence-electron chi connectivity index (χ2n) is 6.30. The lowest BCUT2D eigenvalue weighted by Crippen LogP contribution is -2.37. The number of hydrogen-bond donors (Lipinski definition) is 2. The van der Waals surface area contributed by atoms with Gasteiger partial charge in [-0.2, -0.15) is 0 Å². The summed E-state index contributed by atoms with van der Waals surface area (Å²) in [7, 11) is 0. The van der Waals surface area contributed by atoms with Crippen molar-refractivity contribution in [2.45, 2.75) is 44.2 Å². The molecule has 0 radical (unpaired) electrons. The van der Waals surface area contributed by atoms with E-state index in [-0.39, 0.29) is 0 Å². The molecule has 1 saturated heterocycles. The minimum Gasteiger partial charge on any atom is -0.370 e. The largest absolute Gasteiger partial charge is 0.370 e. The van der Waals surface area contributed by atoms with Crippen LogP contribution in [0.15, 0.2) is 33.7 Å². The molecule has 0 bridgehead atoms. The average molecular weight is 365 g/mol. The maximum absolute atomic E-state index is 6.06. The Bertz CT molecular complexity index is 528. The van der Waals surface area contributed by atoms with Gasteiger partial charge in [0.1, 0.15) is 0 Å². The lowest BCUT2D eigenvalue weighted by Gasteiger charge is -2.21. The number of likely N-dealkylation sites (N-methyl/N-ethyl adjacent to an activating group) is 1. The number of rotatable bonds is 5. The lowest BCUT2D eigenvalue weighted by atomic mass is 10.1. The summed E-state index contributed by atoms with van der Waals surface area (Å²) in [6.45, 7) is 5.36. The first kappa shape index (κ1) is 15.8. The zero-order valence-corrected chi connectivity index (χ0v) is 14.7. The highest BCUT2D eigenvalue weighted by Gasteiger charge is 2.38. The monoisotopic (exact) mass is 364 g/mol. The van der Waals surface area contributed by atoms with Crippen LogP contribution in [0.2, 0.25) is 0 Å². The van der Waals surface area contributed by atoms with Crippen LogP contribution >= 0.6 is 15.9 Å². The van der Waals surface area contributed by atoms with Gasteiger partial charge in [-0.15, -0.1) is 0 Å². The SMILES string of the molecule is CCN1CCCC1CN=C(N)N[C@@H]1C[C@H]1c1ccc(Br)cc1. The van der Waals surface area contributed by atoms with Crippen LogP contribution in [0.1, 0.15) is 37.7 Å². The Morgan fingerprint density at radius 2 is 2.18 bits per heavy atom. The van der Waals surface area contributed by atoms with Gasteiger partial charge >= 0.3 is 0 Å². The molecule has 5 heteroatoms. The van der Waals surface area contributed by atoms with E-state index < -0.39 is 0 Å². The summed E-state index contributed by atoms with van der Waals surface area (Å²) in [5.41, 5.74) is 7.43. The van der Waals surface area contributed by atoms with E-state index in [2.05, 4.69) is 62.3 Å². The number of hydrogen-bond acceptors (Lipinski definition) is 2. The molecule has 1 aromatic rings. The molecule has 2 fully saturated rings. The van der Waals surface area contributed by atoms with Crippen LogP contribution in [0.4, 0.5) is 0 Å². The van der Waals surface area contributed by atoms with Gasteiger partial charge in [0.15, 0.2) is 5.96 Å². The van der Waals surface area contributed by atoms with E-state index >= 15 is 0 Å². The van der Waals surface area contributed by atoms with Crippen molar-refractivity contribution in [3.63, 3.8) is 0 Å². The highest BCUT2D eigenvalue weighted by molar-refractivity contribution is 9.10. The van der Waals surface area contributed by atoms with Gasteiger partial charge in [0.2, 0.25) is 0 Å². The van der Waals surface area contributed by atoms with E-state index in [0.717, 1.165) is 24.0 Å². The highest BCUT2D eigenvalue weighted by Crippen LogP contribution is 2.40. The van der Waals surface area contributed by atoms with E-state index in [1.807, 2.05) is 0 Å². The molecule has 0 spiro atoms. The molecule has 2 aliphatic rings. The molecule has 22 heavy (non-hydrogen) atoms. The Hall–Kier alpha value is -1.07. The van der Waals surface area contributed by atoms with Gasteiger partial charge in [-0.05, 0) is 50.0 Å². The molecule has 1 saturated carbocycles. The van der Waals surface area contributed by atoms with Crippen molar-refractivity contribution in [3.05, 3.63) is 34.3 Å². The van der Waals surface area contributed by atoms with Crippen LogP contribution in [0, 0.1) is 0 Å². The molecule has 120 valence electrons.